The Hall–Kier alpha value is -1.56. The van der Waals surface area contributed by atoms with Crippen molar-refractivity contribution >= 4 is 0 Å². The van der Waals surface area contributed by atoms with Crippen LogP contribution in [0.5, 0.6) is 0 Å². The Kier molecular flexibility index (Phi) is 2.86. The van der Waals surface area contributed by atoms with E-state index in [0.717, 1.165) is 6.42 Å². The van der Waals surface area contributed by atoms with E-state index in [0.29, 0.717) is 0 Å². The first kappa shape index (κ1) is 9.97. The van der Waals surface area contributed by atoms with Gasteiger partial charge in [0.1, 0.15) is 0 Å². The smallest absolute Gasteiger partial charge is 0.00203 e. The van der Waals surface area contributed by atoms with E-state index in [-0.39, 0.29) is 0 Å². The van der Waals surface area contributed by atoms with Crippen LogP contribution in [-0.2, 0) is 6.42 Å². The lowest BCUT2D eigenvalue weighted by atomic mass is 9.96. The van der Waals surface area contributed by atoms with Gasteiger partial charge >= 0.3 is 0 Å². The topological polar surface area (TPSA) is 0 Å². The predicted molar refractivity (Wildman–Crippen MR) is 64.0 cm³/mol. The largest absolute Gasteiger partial charge is 0.0622 e. The van der Waals surface area contributed by atoms with Gasteiger partial charge < -0.3 is 0 Å². The molecule has 0 nitrogen and oxygen atoms in total. The van der Waals surface area contributed by atoms with Crippen LogP contribution in [0.1, 0.15) is 22.3 Å². The zero-order chi connectivity index (χ0) is 10.7. The molecule has 15 heavy (non-hydrogen) atoms. The van der Waals surface area contributed by atoms with Crippen molar-refractivity contribution in [3.05, 3.63) is 70.8 Å². The molecule has 0 heterocycles. The van der Waals surface area contributed by atoms with Gasteiger partial charge in [0, 0.05) is 0 Å². The fourth-order valence-corrected chi connectivity index (χ4v) is 1.85. The summed E-state index contributed by atoms with van der Waals surface area (Å²) in [6, 6.07) is 18.0. The van der Waals surface area contributed by atoms with E-state index >= 15 is 0 Å². The molecule has 0 saturated heterocycles. The molecule has 0 atom stereocenters. The Morgan fingerprint density at radius 1 is 1.00 bits per heavy atom. The maximum atomic E-state index is 3.26. The van der Waals surface area contributed by atoms with Crippen molar-refractivity contribution in [3.8, 4) is 0 Å². The van der Waals surface area contributed by atoms with Gasteiger partial charge in [0.15, 0.2) is 0 Å². The molecule has 1 radical (unpaired) electrons. The lowest BCUT2D eigenvalue weighted by molar-refractivity contribution is 1.12. The summed E-state index contributed by atoms with van der Waals surface area (Å²) in [5.41, 5.74) is 5.39. The first-order valence-electron chi connectivity index (χ1n) is 5.28. The van der Waals surface area contributed by atoms with E-state index in [2.05, 4.69) is 56.3 Å². The molecule has 0 fully saturated rings. The highest BCUT2D eigenvalue weighted by Gasteiger charge is 2.02. The van der Waals surface area contributed by atoms with E-state index in [1.807, 2.05) is 6.07 Å². The van der Waals surface area contributed by atoms with Gasteiger partial charge in [-0.25, -0.2) is 0 Å². The molecule has 0 amide bonds. The highest BCUT2D eigenvalue weighted by Crippen LogP contribution is 2.17. The number of rotatable bonds is 2. The standard InChI is InChI=1S/C15H15/c1-12-7-6-8-13(2)15(12)11-14-9-4-3-5-10-14/h3-7,9-10H,11H2,1-2H3. The van der Waals surface area contributed by atoms with Crippen LogP contribution in [0.4, 0.5) is 0 Å². The third-order valence-corrected chi connectivity index (χ3v) is 2.79. The lowest BCUT2D eigenvalue weighted by Crippen LogP contribution is -1.95. The monoisotopic (exact) mass is 195 g/mol. The van der Waals surface area contributed by atoms with E-state index in [1.54, 1.807) is 0 Å². The maximum absolute atomic E-state index is 3.26. The Bertz CT molecular complexity index is 421. The first-order valence-corrected chi connectivity index (χ1v) is 5.28. The number of benzene rings is 2. The summed E-state index contributed by atoms with van der Waals surface area (Å²) in [6.45, 7) is 4.30. The summed E-state index contributed by atoms with van der Waals surface area (Å²) in [5.74, 6) is 0. The second-order valence-electron chi connectivity index (χ2n) is 3.93. The fourth-order valence-electron chi connectivity index (χ4n) is 1.85. The molecule has 0 N–H and O–H groups in total. The molecule has 0 aliphatic heterocycles. The van der Waals surface area contributed by atoms with Crippen molar-refractivity contribution in [1.29, 1.82) is 0 Å². The van der Waals surface area contributed by atoms with Crippen molar-refractivity contribution in [3.63, 3.8) is 0 Å². The van der Waals surface area contributed by atoms with Crippen molar-refractivity contribution < 1.29 is 0 Å². The van der Waals surface area contributed by atoms with Crippen molar-refractivity contribution in [2.24, 2.45) is 0 Å². The summed E-state index contributed by atoms with van der Waals surface area (Å²) in [4.78, 5) is 0. The molecule has 2 aromatic carbocycles. The third-order valence-electron chi connectivity index (χ3n) is 2.79. The summed E-state index contributed by atoms with van der Waals surface area (Å²) in [7, 11) is 0. The minimum atomic E-state index is 1.01. The maximum Gasteiger partial charge on any atom is -0.00203 e. The van der Waals surface area contributed by atoms with Crippen molar-refractivity contribution in [2.75, 3.05) is 0 Å². The Balaban J connectivity index is 2.32. The minimum absolute atomic E-state index is 1.01. The summed E-state index contributed by atoms with van der Waals surface area (Å²) in [5, 5.41) is 0. The van der Waals surface area contributed by atoms with Crippen LogP contribution in [0.2, 0.25) is 0 Å². The summed E-state index contributed by atoms with van der Waals surface area (Å²) < 4.78 is 0. The predicted octanol–water partition coefficient (Wildman–Crippen LogP) is 3.69. The molecule has 75 valence electrons. The van der Waals surface area contributed by atoms with Gasteiger partial charge in [0.05, 0.1) is 0 Å². The Labute approximate surface area is 91.6 Å². The van der Waals surface area contributed by atoms with Crippen LogP contribution >= 0.6 is 0 Å². The number of aryl methyl sites for hydroxylation is 2. The van der Waals surface area contributed by atoms with Gasteiger partial charge in [-0.15, -0.1) is 0 Å². The average molecular weight is 195 g/mol. The van der Waals surface area contributed by atoms with Crippen molar-refractivity contribution in [2.45, 2.75) is 20.3 Å². The highest BCUT2D eigenvalue weighted by molar-refractivity contribution is 5.37. The summed E-state index contributed by atoms with van der Waals surface area (Å²) >= 11 is 0. The summed E-state index contributed by atoms with van der Waals surface area (Å²) in [6.07, 6.45) is 1.01. The molecule has 2 aromatic rings. The molecule has 0 saturated carbocycles. The fraction of sp³-hybridized carbons (Fsp3) is 0.200. The zero-order valence-corrected chi connectivity index (χ0v) is 9.25. The van der Waals surface area contributed by atoms with Crippen LogP contribution in [0.3, 0.4) is 0 Å². The average Bonchev–Trinajstić information content (AvgIpc) is 2.25. The van der Waals surface area contributed by atoms with Gasteiger partial charge in [-0.2, -0.15) is 0 Å². The Morgan fingerprint density at radius 2 is 1.73 bits per heavy atom. The molecule has 0 bridgehead atoms. The van der Waals surface area contributed by atoms with E-state index in [4.69, 9.17) is 0 Å². The van der Waals surface area contributed by atoms with Crippen LogP contribution < -0.4 is 0 Å². The molecule has 0 aliphatic rings. The molecule has 0 aliphatic carbocycles. The SMILES string of the molecule is Cc1[c]ccc(C)c1Cc1ccccc1. The molecule has 0 spiro atoms. The molecular formula is C15H15. The number of hydrogen-bond donors (Lipinski definition) is 0. The van der Waals surface area contributed by atoms with Gasteiger partial charge in [-0.1, -0.05) is 42.5 Å². The van der Waals surface area contributed by atoms with Gasteiger partial charge in [0.2, 0.25) is 0 Å². The van der Waals surface area contributed by atoms with Gasteiger partial charge in [-0.3, -0.25) is 0 Å². The van der Waals surface area contributed by atoms with E-state index in [1.165, 1.54) is 22.3 Å². The quantitative estimate of drug-likeness (QED) is 0.685. The highest BCUT2D eigenvalue weighted by atomic mass is 14.1. The van der Waals surface area contributed by atoms with Gasteiger partial charge in [-0.05, 0) is 48.6 Å². The second-order valence-corrected chi connectivity index (χ2v) is 3.93. The third kappa shape index (κ3) is 2.27. The minimum Gasteiger partial charge on any atom is -0.0622 e. The van der Waals surface area contributed by atoms with Crippen LogP contribution in [0.25, 0.3) is 0 Å². The van der Waals surface area contributed by atoms with Crippen LogP contribution in [0, 0.1) is 19.9 Å². The first-order chi connectivity index (χ1) is 7.27. The molecule has 0 unspecified atom stereocenters. The van der Waals surface area contributed by atoms with E-state index < -0.39 is 0 Å². The lowest BCUT2D eigenvalue weighted by Gasteiger charge is -2.09. The molecule has 0 aromatic heterocycles. The van der Waals surface area contributed by atoms with Crippen LogP contribution in [-0.4, -0.2) is 0 Å². The molecular weight excluding hydrogens is 180 g/mol. The van der Waals surface area contributed by atoms with E-state index in [9.17, 15) is 0 Å². The Morgan fingerprint density at radius 3 is 2.40 bits per heavy atom. The van der Waals surface area contributed by atoms with Crippen molar-refractivity contribution in [1.82, 2.24) is 0 Å². The van der Waals surface area contributed by atoms with Crippen LogP contribution in [0.15, 0.2) is 42.5 Å². The van der Waals surface area contributed by atoms with Gasteiger partial charge in [0.25, 0.3) is 0 Å². The normalized spacial score (nSPS) is 10.3. The molecule has 0 heteroatoms. The molecule has 2 rings (SSSR count). The second kappa shape index (κ2) is 4.31. The zero-order valence-electron chi connectivity index (χ0n) is 9.25. The number of hydrogen-bond acceptors (Lipinski definition) is 0.